The highest BCUT2D eigenvalue weighted by Crippen LogP contribution is 2.32. The first-order chi connectivity index (χ1) is 7.00. The molecule has 0 radical (unpaired) electrons. The number of carboxylic acid groups (broad SMARTS) is 1. The molecule has 0 aromatic heterocycles. The molecular weight excluding hydrogens is 194 g/mol. The molecule has 5 heteroatoms. The van der Waals surface area contributed by atoms with Crippen molar-refractivity contribution in [1.29, 1.82) is 0 Å². The molecule has 2 aliphatic heterocycles. The van der Waals surface area contributed by atoms with Crippen molar-refractivity contribution < 1.29 is 9.90 Å². The molecule has 0 saturated carbocycles. The Kier molecular flexibility index (Phi) is 2.34. The van der Waals surface area contributed by atoms with Gasteiger partial charge in [-0.05, 0) is 20.3 Å². The van der Waals surface area contributed by atoms with Crippen molar-refractivity contribution in [2.45, 2.75) is 32.4 Å². The zero-order valence-electron chi connectivity index (χ0n) is 9.24. The van der Waals surface area contributed by atoms with E-state index in [4.69, 9.17) is 0 Å². The van der Waals surface area contributed by atoms with Crippen LogP contribution in [0.2, 0.25) is 0 Å². The minimum absolute atomic E-state index is 0.103. The van der Waals surface area contributed by atoms with Gasteiger partial charge in [-0.25, -0.2) is 5.43 Å². The van der Waals surface area contributed by atoms with Crippen LogP contribution in [0.25, 0.3) is 0 Å². The van der Waals surface area contributed by atoms with Gasteiger partial charge in [-0.1, -0.05) is 0 Å². The van der Waals surface area contributed by atoms with Gasteiger partial charge in [-0.3, -0.25) is 9.80 Å². The number of aliphatic carboxylic acids is 1. The summed E-state index contributed by atoms with van der Waals surface area (Å²) in [7, 11) is 1.91. The lowest BCUT2D eigenvalue weighted by molar-refractivity contribution is -0.141. The normalized spacial score (nSPS) is 35.1. The average Bonchev–Trinajstić information content (AvgIpc) is 2.41. The monoisotopic (exact) mass is 211 g/mol. The van der Waals surface area contributed by atoms with E-state index in [0.717, 1.165) is 11.4 Å². The second kappa shape index (κ2) is 3.41. The number of hydrazine groups is 1. The van der Waals surface area contributed by atoms with Crippen molar-refractivity contribution in [2.24, 2.45) is 5.92 Å². The van der Waals surface area contributed by atoms with E-state index in [1.165, 1.54) is 0 Å². The maximum absolute atomic E-state index is 11.2. The Bertz CT molecular complexity index is 327. The van der Waals surface area contributed by atoms with E-state index in [1.54, 1.807) is 0 Å². The second-order valence-electron chi connectivity index (χ2n) is 4.39. The van der Waals surface area contributed by atoms with Gasteiger partial charge in [0.15, 0.2) is 0 Å². The van der Waals surface area contributed by atoms with Crippen LogP contribution in [0.1, 0.15) is 20.3 Å². The Morgan fingerprint density at radius 2 is 2.20 bits per heavy atom. The van der Waals surface area contributed by atoms with Gasteiger partial charge in [0.1, 0.15) is 5.82 Å². The van der Waals surface area contributed by atoms with Crippen molar-refractivity contribution in [3.05, 3.63) is 11.4 Å². The van der Waals surface area contributed by atoms with Crippen LogP contribution in [0, 0.1) is 5.92 Å². The molecule has 0 aromatic carbocycles. The molecule has 15 heavy (non-hydrogen) atoms. The Balaban J connectivity index is 2.38. The van der Waals surface area contributed by atoms with Gasteiger partial charge in [0.2, 0.25) is 0 Å². The molecule has 0 aliphatic carbocycles. The lowest BCUT2D eigenvalue weighted by Crippen LogP contribution is -2.41. The Labute approximate surface area is 89.1 Å². The third-order valence-corrected chi connectivity index (χ3v) is 3.11. The number of carbonyl (C=O) groups is 1. The van der Waals surface area contributed by atoms with Crippen molar-refractivity contribution in [1.82, 2.24) is 15.8 Å². The maximum Gasteiger partial charge on any atom is 0.310 e. The molecule has 0 aromatic rings. The number of carboxylic acids is 1. The van der Waals surface area contributed by atoms with Crippen LogP contribution in [0.4, 0.5) is 0 Å². The fourth-order valence-corrected chi connectivity index (χ4v) is 2.48. The van der Waals surface area contributed by atoms with E-state index < -0.39 is 5.97 Å². The predicted molar refractivity (Wildman–Crippen MR) is 55.7 cm³/mol. The van der Waals surface area contributed by atoms with E-state index in [2.05, 4.69) is 10.7 Å². The fraction of sp³-hybridized carbons (Fsp3) is 0.700. The largest absolute Gasteiger partial charge is 0.481 e. The zero-order chi connectivity index (χ0) is 11.2. The molecule has 0 fully saturated rings. The summed E-state index contributed by atoms with van der Waals surface area (Å²) >= 11 is 0. The van der Waals surface area contributed by atoms with Crippen LogP contribution < -0.4 is 10.7 Å². The molecule has 2 rings (SSSR count). The molecule has 2 heterocycles. The molecule has 0 bridgehead atoms. The SMILES string of the molecule is CC1NN(C)C2=C1[C@@H](C(=O)O)C[C@@H](C)N2. The summed E-state index contributed by atoms with van der Waals surface area (Å²) in [4.78, 5) is 11.2. The maximum atomic E-state index is 11.2. The van der Waals surface area contributed by atoms with Crippen LogP contribution in [-0.4, -0.2) is 35.2 Å². The zero-order valence-corrected chi connectivity index (χ0v) is 9.24. The minimum atomic E-state index is -0.722. The molecule has 84 valence electrons. The van der Waals surface area contributed by atoms with E-state index in [-0.39, 0.29) is 18.0 Å². The first-order valence-corrected chi connectivity index (χ1v) is 5.24. The van der Waals surface area contributed by atoms with Crippen LogP contribution >= 0.6 is 0 Å². The smallest absolute Gasteiger partial charge is 0.310 e. The van der Waals surface area contributed by atoms with Crippen molar-refractivity contribution in [3.63, 3.8) is 0 Å². The second-order valence-corrected chi connectivity index (χ2v) is 4.39. The van der Waals surface area contributed by atoms with Crippen molar-refractivity contribution >= 4 is 5.97 Å². The van der Waals surface area contributed by atoms with Gasteiger partial charge in [-0.2, -0.15) is 0 Å². The average molecular weight is 211 g/mol. The number of hydrogen-bond donors (Lipinski definition) is 3. The van der Waals surface area contributed by atoms with Gasteiger partial charge >= 0.3 is 5.97 Å². The molecule has 1 unspecified atom stereocenters. The third kappa shape index (κ3) is 1.56. The summed E-state index contributed by atoms with van der Waals surface area (Å²) in [6.07, 6.45) is 0.661. The lowest BCUT2D eigenvalue weighted by Gasteiger charge is -2.30. The Morgan fingerprint density at radius 1 is 1.53 bits per heavy atom. The lowest BCUT2D eigenvalue weighted by atomic mass is 9.86. The van der Waals surface area contributed by atoms with Crippen LogP contribution in [-0.2, 0) is 4.79 Å². The van der Waals surface area contributed by atoms with Gasteiger partial charge in [-0.15, -0.1) is 0 Å². The summed E-state index contributed by atoms with van der Waals surface area (Å²) in [5, 5.41) is 14.4. The minimum Gasteiger partial charge on any atom is -0.481 e. The van der Waals surface area contributed by atoms with E-state index in [9.17, 15) is 9.90 Å². The van der Waals surface area contributed by atoms with E-state index >= 15 is 0 Å². The summed E-state index contributed by atoms with van der Waals surface area (Å²) in [6, 6.07) is 0.311. The quantitative estimate of drug-likeness (QED) is 0.575. The Hall–Kier alpha value is -1.23. The van der Waals surface area contributed by atoms with Gasteiger partial charge < -0.3 is 10.4 Å². The standard InChI is InChI=1S/C10H17N3O2/c1-5-4-7(10(14)15)8-6(2)12-13(3)9(8)11-5/h5-7,11-12H,4H2,1-3H3,(H,14,15)/t5-,6?,7+/m1/s1. The van der Waals surface area contributed by atoms with Gasteiger partial charge in [0.25, 0.3) is 0 Å². The summed E-state index contributed by atoms with van der Waals surface area (Å²) in [5.41, 5.74) is 4.17. The van der Waals surface area contributed by atoms with Crippen molar-refractivity contribution in [3.8, 4) is 0 Å². The fourth-order valence-electron chi connectivity index (χ4n) is 2.48. The summed E-state index contributed by atoms with van der Waals surface area (Å²) in [5.74, 6) is -0.142. The molecule has 3 atom stereocenters. The molecule has 0 saturated heterocycles. The first-order valence-electron chi connectivity index (χ1n) is 5.24. The van der Waals surface area contributed by atoms with Crippen molar-refractivity contribution in [2.75, 3.05) is 7.05 Å². The summed E-state index contributed by atoms with van der Waals surface area (Å²) < 4.78 is 0. The number of rotatable bonds is 1. The molecular formula is C10H17N3O2. The highest BCUT2D eigenvalue weighted by molar-refractivity contribution is 5.75. The molecule has 5 nitrogen and oxygen atoms in total. The number of nitrogens with zero attached hydrogens (tertiary/aromatic N) is 1. The molecule has 0 amide bonds. The topological polar surface area (TPSA) is 64.6 Å². The molecule has 2 aliphatic rings. The van der Waals surface area contributed by atoms with E-state index in [1.807, 2.05) is 25.9 Å². The highest BCUT2D eigenvalue weighted by atomic mass is 16.4. The van der Waals surface area contributed by atoms with Crippen LogP contribution in [0.3, 0.4) is 0 Å². The van der Waals surface area contributed by atoms with Gasteiger partial charge in [0, 0.05) is 24.7 Å². The Morgan fingerprint density at radius 3 is 2.80 bits per heavy atom. The summed E-state index contributed by atoms with van der Waals surface area (Å²) in [6.45, 7) is 4.00. The number of nitrogens with one attached hydrogen (secondary N) is 2. The number of hydrogen-bond acceptors (Lipinski definition) is 4. The van der Waals surface area contributed by atoms with Gasteiger partial charge in [0.05, 0.1) is 5.92 Å². The first kappa shape index (κ1) is 10.3. The molecule has 0 spiro atoms. The van der Waals surface area contributed by atoms with Crippen LogP contribution in [0.15, 0.2) is 11.4 Å². The predicted octanol–water partition coefficient (Wildman–Crippen LogP) is 0.119. The van der Waals surface area contributed by atoms with E-state index in [0.29, 0.717) is 6.42 Å². The third-order valence-electron chi connectivity index (χ3n) is 3.11. The highest BCUT2D eigenvalue weighted by Gasteiger charge is 2.39. The molecule has 3 N–H and O–H groups in total. The van der Waals surface area contributed by atoms with Crippen LogP contribution in [0.5, 0.6) is 0 Å².